The number of halogens is 1. The summed E-state index contributed by atoms with van der Waals surface area (Å²) in [6, 6.07) is 9.20. The molecule has 0 bridgehead atoms. The molecule has 0 aliphatic heterocycles. The van der Waals surface area contributed by atoms with Crippen molar-refractivity contribution in [3.8, 4) is 5.82 Å². The van der Waals surface area contributed by atoms with Crippen LogP contribution in [0.25, 0.3) is 16.7 Å². The van der Waals surface area contributed by atoms with E-state index in [0.717, 1.165) is 0 Å². The maximum atomic E-state index is 13.6. The van der Waals surface area contributed by atoms with Crippen molar-refractivity contribution in [3.63, 3.8) is 0 Å². The number of fused-ring (bicyclic) bond motifs is 1. The van der Waals surface area contributed by atoms with Crippen LogP contribution in [0.1, 0.15) is 0 Å². The largest absolute Gasteiger partial charge is 0.324 e. The van der Waals surface area contributed by atoms with Crippen LogP contribution in [0.2, 0.25) is 0 Å². The molecular formula is C17H13FN6O. The zero-order valence-electron chi connectivity index (χ0n) is 13.2. The van der Waals surface area contributed by atoms with Gasteiger partial charge in [-0.05, 0) is 30.3 Å². The van der Waals surface area contributed by atoms with E-state index in [9.17, 15) is 9.18 Å². The summed E-state index contributed by atoms with van der Waals surface area (Å²) in [5.74, 6) is 0.312. The van der Waals surface area contributed by atoms with Crippen molar-refractivity contribution >= 4 is 22.5 Å². The van der Waals surface area contributed by atoms with Crippen LogP contribution >= 0.6 is 0 Å². The molecule has 0 radical (unpaired) electrons. The molecule has 7 nitrogen and oxygen atoms in total. The Hall–Kier alpha value is -3.55. The maximum Gasteiger partial charge on any atom is 0.268 e. The fourth-order valence-corrected chi connectivity index (χ4v) is 2.61. The van der Waals surface area contributed by atoms with Crippen LogP contribution in [0.3, 0.4) is 0 Å². The molecule has 0 atom stereocenters. The van der Waals surface area contributed by atoms with Gasteiger partial charge in [0.05, 0.1) is 29.0 Å². The van der Waals surface area contributed by atoms with Crippen LogP contribution in [0.4, 0.5) is 16.0 Å². The van der Waals surface area contributed by atoms with Crippen molar-refractivity contribution in [2.75, 3.05) is 5.32 Å². The molecule has 4 rings (SSSR count). The Balaban J connectivity index is 2.01. The van der Waals surface area contributed by atoms with Gasteiger partial charge in [-0.2, -0.15) is 5.10 Å². The number of hydrogen-bond donors (Lipinski definition) is 1. The Morgan fingerprint density at radius 1 is 1.16 bits per heavy atom. The molecule has 0 saturated heterocycles. The third kappa shape index (κ3) is 2.63. The minimum absolute atomic E-state index is 0.193. The van der Waals surface area contributed by atoms with Crippen molar-refractivity contribution in [1.82, 2.24) is 24.3 Å². The average molecular weight is 336 g/mol. The molecule has 3 aromatic heterocycles. The zero-order valence-corrected chi connectivity index (χ0v) is 13.2. The molecule has 0 aliphatic carbocycles. The number of rotatable bonds is 3. The molecule has 0 spiro atoms. The van der Waals surface area contributed by atoms with E-state index in [1.165, 1.54) is 22.8 Å². The zero-order chi connectivity index (χ0) is 17.4. The van der Waals surface area contributed by atoms with E-state index in [1.807, 2.05) is 6.07 Å². The van der Waals surface area contributed by atoms with Crippen LogP contribution < -0.4 is 10.9 Å². The van der Waals surface area contributed by atoms with Gasteiger partial charge in [-0.25, -0.2) is 13.9 Å². The second-order valence-electron chi connectivity index (χ2n) is 5.42. The number of anilines is 2. The monoisotopic (exact) mass is 336 g/mol. The van der Waals surface area contributed by atoms with Gasteiger partial charge in [0.2, 0.25) is 5.95 Å². The van der Waals surface area contributed by atoms with Crippen molar-refractivity contribution in [2.45, 2.75) is 0 Å². The summed E-state index contributed by atoms with van der Waals surface area (Å²) in [5.41, 5.74) is 0.683. The first kappa shape index (κ1) is 15.0. The predicted octanol–water partition coefficient (Wildman–Crippen LogP) is 2.40. The number of nitrogens with one attached hydrogen (secondary N) is 1. The molecule has 0 saturated carbocycles. The van der Waals surface area contributed by atoms with Gasteiger partial charge in [0.25, 0.3) is 5.56 Å². The van der Waals surface area contributed by atoms with E-state index in [2.05, 4.69) is 20.4 Å². The van der Waals surface area contributed by atoms with Gasteiger partial charge in [0, 0.05) is 19.3 Å². The van der Waals surface area contributed by atoms with E-state index in [4.69, 9.17) is 0 Å². The number of benzene rings is 1. The standard InChI is InChI=1S/C17H13FN6O/c1-23-15(6-8-20-23)24-16(25)13-9-11(18)4-5-14(13)22-17(24)21-12-3-2-7-19-10-12/h2-10H,1H3,(H,21,22). The lowest BCUT2D eigenvalue weighted by molar-refractivity contribution is 0.629. The minimum Gasteiger partial charge on any atom is -0.324 e. The quantitative estimate of drug-likeness (QED) is 0.621. The predicted molar refractivity (Wildman–Crippen MR) is 91.6 cm³/mol. The van der Waals surface area contributed by atoms with Crippen molar-refractivity contribution < 1.29 is 4.39 Å². The highest BCUT2D eigenvalue weighted by Gasteiger charge is 2.16. The third-order valence-corrected chi connectivity index (χ3v) is 3.77. The normalized spacial score (nSPS) is 11.0. The lowest BCUT2D eigenvalue weighted by Crippen LogP contribution is -2.24. The molecule has 0 fully saturated rings. The first-order valence-corrected chi connectivity index (χ1v) is 7.51. The van der Waals surface area contributed by atoms with Crippen molar-refractivity contribution in [2.24, 2.45) is 7.05 Å². The number of pyridine rings is 1. The molecule has 4 aromatic rings. The van der Waals surface area contributed by atoms with Gasteiger partial charge < -0.3 is 5.32 Å². The topological polar surface area (TPSA) is 77.6 Å². The SMILES string of the molecule is Cn1nccc1-n1c(Nc2cccnc2)nc2ccc(F)cc2c1=O. The Kier molecular flexibility index (Phi) is 3.50. The average Bonchev–Trinajstić information content (AvgIpc) is 3.02. The highest BCUT2D eigenvalue weighted by atomic mass is 19.1. The molecule has 0 aliphatic rings. The smallest absolute Gasteiger partial charge is 0.268 e. The van der Waals surface area contributed by atoms with Gasteiger partial charge >= 0.3 is 0 Å². The Bertz CT molecular complexity index is 1120. The summed E-state index contributed by atoms with van der Waals surface area (Å²) in [6.45, 7) is 0. The summed E-state index contributed by atoms with van der Waals surface area (Å²) in [6.07, 6.45) is 4.84. The molecule has 1 aromatic carbocycles. The Labute approximate surface area is 141 Å². The van der Waals surface area contributed by atoms with Crippen LogP contribution in [0.5, 0.6) is 0 Å². The van der Waals surface area contributed by atoms with E-state index >= 15 is 0 Å². The second kappa shape index (κ2) is 5.82. The van der Waals surface area contributed by atoms with Gasteiger partial charge in [0.15, 0.2) is 0 Å². The van der Waals surface area contributed by atoms with Crippen LogP contribution in [-0.2, 0) is 7.05 Å². The van der Waals surface area contributed by atoms with Crippen LogP contribution in [0.15, 0.2) is 59.8 Å². The number of aryl methyl sites for hydroxylation is 1. The van der Waals surface area contributed by atoms with E-state index < -0.39 is 5.82 Å². The first-order valence-electron chi connectivity index (χ1n) is 7.51. The molecule has 3 heterocycles. The minimum atomic E-state index is -0.490. The van der Waals surface area contributed by atoms with Crippen LogP contribution in [-0.4, -0.2) is 24.3 Å². The third-order valence-electron chi connectivity index (χ3n) is 3.77. The van der Waals surface area contributed by atoms with Crippen molar-refractivity contribution in [3.05, 3.63) is 71.2 Å². The molecule has 25 heavy (non-hydrogen) atoms. The highest BCUT2D eigenvalue weighted by Crippen LogP contribution is 2.19. The molecule has 0 unspecified atom stereocenters. The highest BCUT2D eigenvalue weighted by molar-refractivity contribution is 5.79. The fraction of sp³-hybridized carbons (Fsp3) is 0.0588. The summed E-state index contributed by atoms with van der Waals surface area (Å²) < 4.78 is 16.5. The summed E-state index contributed by atoms with van der Waals surface area (Å²) >= 11 is 0. The van der Waals surface area contributed by atoms with Crippen molar-refractivity contribution in [1.29, 1.82) is 0 Å². The number of aromatic nitrogens is 5. The molecule has 1 N–H and O–H groups in total. The maximum absolute atomic E-state index is 13.6. The molecular weight excluding hydrogens is 323 g/mol. The van der Waals surface area contributed by atoms with Gasteiger partial charge in [-0.15, -0.1) is 0 Å². The second-order valence-corrected chi connectivity index (χ2v) is 5.42. The van der Waals surface area contributed by atoms with E-state index in [0.29, 0.717) is 23.0 Å². The summed E-state index contributed by atoms with van der Waals surface area (Å²) in [5, 5.41) is 7.38. The van der Waals surface area contributed by atoms with Gasteiger partial charge in [-0.3, -0.25) is 14.5 Å². The molecule has 124 valence electrons. The lowest BCUT2D eigenvalue weighted by atomic mass is 10.2. The van der Waals surface area contributed by atoms with Crippen LogP contribution in [0, 0.1) is 5.82 Å². The van der Waals surface area contributed by atoms with E-state index in [-0.39, 0.29) is 10.9 Å². The summed E-state index contributed by atoms with van der Waals surface area (Å²) in [4.78, 5) is 21.5. The number of hydrogen-bond acceptors (Lipinski definition) is 5. The van der Waals surface area contributed by atoms with Gasteiger partial charge in [0.1, 0.15) is 11.6 Å². The first-order chi connectivity index (χ1) is 12.1. The van der Waals surface area contributed by atoms with E-state index in [1.54, 1.807) is 42.5 Å². The lowest BCUT2D eigenvalue weighted by Gasteiger charge is -2.14. The summed E-state index contributed by atoms with van der Waals surface area (Å²) in [7, 11) is 1.71. The molecule has 0 amide bonds. The fourth-order valence-electron chi connectivity index (χ4n) is 2.61. The Morgan fingerprint density at radius 2 is 2.04 bits per heavy atom. The number of nitrogens with zero attached hydrogens (tertiary/aromatic N) is 5. The van der Waals surface area contributed by atoms with Gasteiger partial charge in [-0.1, -0.05) is 0 Å². The Morgan fingerprint density at radius 3 is 2.76 bits per heavy atom. The molecule has 8 heteroatoms.